The molecule has 0 saturated heterocycles. The van der Waals surface area contributed by atoms with Gasteiger partial charge in [0.1, 0.15) is 19.0 Å². The predicted octanol–water partition coefficient (Wildman–Crippen LogP) is 2.86. The Morgan fingerprint density at radius 1 is 0.833 bits per heavy atom. The second kappa shape index (κ2) is 13.0. The maximum atomic E-state index is 13.6. The zero-order chi connectivity index (χ0) is 35.8. The molecule has 48 heavy (non-hydrogen) atoms. The molecule has 2 aromatic carbocycles. The molecule has 0 aromatic heterocycles. The molecule has 0 radical (unpaired) electrons. The molecule has 0 aliphatic carbocycles. The van der Waals surface area contributed by atoms with Crippen LogP contribution in [0.5, 0.6) is 5.75 Å². The highest BCUT2D eigenvalue weighted by atomic mass is 16.6. The number of benzene rings is 2. The van der Waals surface area contributed by atoms with Gasteiger partial charge in [0.05, 0.1) is 27.6 Å². The highest BCUT2D eigenvalue weighted by Gasteiger charge is 2.44. The molecule has 1 atom stereocenters. The fourth-order valence-electron chi connectivity index (χ4n) is 4.91. The first kappa shape index (κ1) is 36.0. The molecule has 0 fully saturated rings. The molecule has 1 unspecified atom stereocenters. The molecular weight excluding hydrogens is 623 g/mol. The van der Waals surface area contributed by atoms with Crippen molar-refractivity contribution in [2.45, 2.75) is 61.3 Å². The number of aryl methyl sites for hydroxylation is 1. The number of hydroxylamine groups is 1. The Kier molecular flexibility index (Phi) is 9.76. The number of amides is 3. The van der Waals surface area contributed by atoms with Gasteiger partial charge >= 0.3 is 18.6 Å². The smallest absolute Gasteiger partial charge is 0.454 e. The van der Waals surface area contributed by atoms with E-state index >= 15 is 0 Å². The fraction of sp³-hybridized carbons (Fsp3) is 0.412. The van der Waals surface area contributed by atoms with Crippen molar-refractivity contribution in [3.63, 3.8) is 0 Å². The minimum atomic E-state index is -3.58. The van der Waals surface area contributed by atoms with Crippen LogP contribution < -0.4 is 15.0 Å². The Morgan fingerprint density at radius 3 is 1.94 bits per heavy atom. The summed E-state index contributed by atoms with van der Waals surface area (Å²) in [5.41, 5.74) is -2.52. The van der Waals surface area contributed by atoms with Crippen molar-refractivity contribution in [1.29, 1.82) is 0 Å². The largest absolute Gasteiger partial charge is 0.670 e. The molecule has 2 aliphatic heterocycles. The van der Waals surface area contributed by atoms with E-state index in [2.05, 4.69) is 0 Å². The number of anilines is 1. The second-order valence-electron chi connectivity index (χ2n) is 14.4. The Hall–Kier alpha value is -4.82. The summed E-state index contributed by atoms with van der Waals surface area (Å²) < 4.78 is 16.8. The number of Topliss-reactive ketones (excluding diaryl/α,β-unsaturated/α-hetero) is 1. The molecule has 2 heterocycles. The molecule has 14 heteroatoms. The van der Waals surface area contributed by atoms with Crippen LogP contribution in [0, 0.1) is 16.2 Å². The van der Waals surface area contributed by atoms with Gasteiger partial charge in [-0.2, -0.15) is 0 Å². The maximum Gasteiger partial charge on any atom is 0.454 e. The third kappa shape index (κ3) is 7.34. The number of rotatable bonds is 10. The van der Waals surface area contributed by atoms with Gasteiger partial charge in [0, 0.05) is 24.3 Å². The lowest BCUT2D eigenvalue weighted by atomic mass is 9.62. The van der Waals surface area contributed by atoms with Gasteiger partial charge in [0.2, 0.25) is 5.91 Å². The highest BCUT2D eigenvalue weighted by Crippen LogP contribution is 2.32. The summed E-state index contributed by atoms with van der Waals surface area (Å²) in [5.74, 6) is -3.62. The molecule has 2 N–H and O–H groups in total. The maximum absolute atomic E-state index is 13.6. The summed E-state index contributed by atoms with van der Waals surface area (Å²) in [6.45, 7) is 7.42. The van der Waals surface area contributed by atoms with Crippen LogP contribution in [0.2, 0.25) is 0 Å². The lowest BCUT2D eigenvalue weighted by molar-refractivity contribution is -0.165. The first-order chi connectivity index (χ1) is 22.2. The van der Waals surface area contributed by atoms with Gasteiger partial charge in [-0.25, -0.2) is 4.90 Å². The fourth-order valence-corrected chi connectivity index (χ4v) is 4.91. The number of imide groups is 1. The van der Waals surface area contributed by atoms with Gasteiger partial charge in [0.25, 0.3) is 11.8 Å². The van der Waals surface area contributed by atoms with E-state index in [1.54, 1.807) is 54.5 Å². The molecule has 0 spiro atoms. The topological polar surface area (TPSA) is 177 Å². The molecule has 4 rings (SSSR count). The summed E-state index contributed by atoms with van der Waals surface area (Å²) in [7, 11) is 0. The Balaban J connectivity index is 1.55. The van der Waals surface area contributed by atoms with Crippen LogP contribution in [-0.4, -0.2) is 70.5 Å². The van der Waals surface area contributed by atoms with E-state index in [-0.39, 0.29) is 59.3 Å². The third-order valence-corrected chi connectivity index (χ3v) is 8.06. The van der Waals surface area contributed by atoms with Crippen LogP contribution in [0.25, 0.3) is 0 Å². The first-order valence-electron chi connectivity index (χ1n) is 15.4. The predicted molar refractivity (Wildman–Crippen MR) is 173 cm³/mol. The number of hydrogen-bond acceptors (Lipinski definition) is 11. The normalized spacial score (nSPS) is 18.1. The van der Waals surface area contributed by atoms with E-state index in [1.807, 2.05) is 0 Å². The van der Waals surface area contributed by atoms with E-state index < -0.39 is 52.6 Å². The Bertz CT molecular complexity index is 1660. The molecule has 13 nitrogen and oxygen atoms in total. The SMILES string of the molecule is CC(C)(C)C(=O)OCC(C)(COC(=O)C(C)(C)C)C(=O)CCc1ccc2c(c1)O[B-](O)(c1cccc(N3C(=O)C=CC3=O)c1)N(O)C2=O. The van der Waals surface area contributed by atoms with E-state index in [1.165, 1.54) is 36.4 Å². The molecule has 256 valence electrons. The highest BCUT2D eigenvalue weighted by molar-refractivity contribution is 6.80. The molecule has 0 bridgehead atoms. The number of ether oxygens (including phenoxy) is 2. The molecule has 0 saturated carbocycles. The molecule has 3 amide bonds. The van der Waals surface area contributed by atoms with E-state index in [9.17, 15) is 39.0 Å². The van der Waals surface area contributed by atoms with Crippen molar-refractivity contribution in [2.24, 2.45) is 16.2 Å². The number of esters is 2. The quantitative estimate of drug-likeness (QED) is 0.165. The van der Waals surface area contributed by atoms with Gasteiger partial charge in [-0.05, 0) is 78.6 Å². The number of hydrogen-bond donors (Lipinski definition) is 2. The molecular formula is C34H40BN2O11-. The van der Waals surface area contributed by atoms with Crippen LogP contribution in [0.15, 0.2) is 54.6 Å². The van der Waals surface area contributed by atoms with Gasteiger partial charge in [-0.1, -0.05) is 24.3 Å². The van der Waals surface area contributed by atoms with Gasteiger partial charge in [-0.3, -0.25) is 28.8 Å². The van der Waals surface area contributed by atoms with Crippen LogP contribution in [0.3, 0.4) is 0 Å². The Morgan fingerprint density at radius 2 is 1.40 bits per heavy atom. The van der Waals surface area contributed by atoms with Crippen LogP contribution in [0.4, 0.5) is 5.69 Å². The van der Waals surface area contributed by atoms with Gasteiger partial charge in [-0.15, -0.1) is 5.46 Å². The van der Waals surface area contributed by atoms with Crippen molar-refractivity contribution < 1.29 is 53.1 Å². The van der Waals surface area contributed by atoms with E-state index in [0.717, 1.165) is 17.1 Å². The zero-order valence-corrected chi connectivity index (χ0v) is 28.1. The van der Waals surface area contributed by atoms with Crippen molar-refractivity contribution in [1.82, 2.24) is 4.97 Å². The van der Waals surface area contributed by atoms with Gasteiger partial charge in [0.15, 0.2) is 0 Å². The zero-order valence-electron chi connectivity index (χ0n) is 28.1. The van der Waals surface area contributed by atoms with Crippen molar-refractivity contribution in [3.8, 4) is 5.75 Å². The number of carbonyl (C=O) groups is 6. The Labute approximate surface area is 278 Å². The van der Waals surface area contributed by atoms with Crippen LogP contribution >= 0.6 is 0 Å². The van der Waals surface area contributed by atoms with Crippen molar-refractivity contribution in [2.75, 3.05) is 18.1 Å². The average molecular weight is 664 g/mol. The van der Waals surface area contributed by atoms with Crippen molar-refractivity contribution >= 4 is 53.3 Å². The minimum Gasteiger partial charge on any atom is -0.670 e. The first-order valence-corrected chi connectivity index (χ1v) is 15.4. The summed E-state index contributed by atoms with van der Waals surface area (Å²) in [6, 6.07) is 9.90. The number of nitrogens with zero attached hydrogens (tertiary/aromatic N) is 2. The standard InChI is InChI=1S/C34H40BN2O11/c1-32(2,3)30(42)46-19-34(7,20-47-31(43)33(4,5)6)26(38)14-12-21-11-13-24-25(17-21)48-35(44,37(45)29(24)41)22-9-8-10-23(18-22)36-27(39)15-16-28(36)40/h8-11,13,15-18,44-45H,12,14,19-20H2,1-7H3/q-1. The number of fused-ring (bicyclic) bond motifs is 1. The average Bonchev–Trinajstić information content (AvgIpc) is 3.36. The third-order valence-electron chi connectivity index (χ3n) is 8.06. The van der Waals surface area contributed by atoms with E-state index in [0.29, 0.717) is 5.56 Å². The summed E-state index contributed by atoms with van der Waals surface area (Å²) in [5, 5.41) is 22.3. The van der Waals surface area contributed by atoms with Crippen molar-refractivity contribution in [3.05, 3.63) is 65.7 Å². The second-order valence-corrected chi connectivity index (χ2v) is 14.4. The van der Waals surface area contributed by atoms with E-state index in [4.69, 9.17) is 14.1 Å². The lowest BCUT2D eigenvalue weighted by Crippen LogP contribution is -2.69. The summed E-state index contributed by atoms with van der Waals surface area (Å²) in [6.07, 6.45) is 2.25. The molecule has 2 aliphatic rings. The summed E-state index contributed by atoms with van der Waals surface area (Å²) >= 11 is 0. The van der Waals surface area contributed by atoms with Crippen LogP contribution in [0.1, 0.15) is 70.8 Å². The van der Waals surface area contributed by atoms with Gasteiger partial charge < -0.3 is 29.3 Å². The lowest BCUT2D eigenvalue weighted by Gasteiger charge is -2.47. The monoisotopic (exact) mass is 663 g/mol. The van der Waals surface area contributed by atoms with Crippen LogP contribution in [-0.2, 0) is 39.9 Å². The minimum absolute atomic E-state index is 0.0580. The number of carbonyl (C=O) groups excluding carboxylic acids is 6. The molecule has 2 aromatic rings. The summed E-state index contributed by atoms with van der Waals surface area (Å²) in [4.78, 5) is 77.1. The number of ketones is 1.